The van der Waals surface area contributed by atoms with Crippen molar-refractivity contribution in [1.29, 1.82) is 0 Å². The number of methoxy groups -OCH3 is 1. The maximum Gasteiger partial charge on any atom is 0.241 e. The van der Waals surface area contributed by atoms with Crippen molar-refractivity contribution in [3.8, 4) is 17.1 Å². The molecular weight excluding hydrogens is 442 g/mol. The fourth-order valence-corrected chi connectivity index (χ4v) is 5.13. The van der Waals surface area contributed by atoms with Gasteiger partial charge in [-0.15, -0.1) is 0 Å². The summed E-state index contributed by atoms with van der Waals surface area (Å²) in [5.74, 6) is 2.36. The van der Waals surface area contributed by atoms with Gasteiger partial charge in [0.2, 0.25) is 17.6 Å². The van der Waals surface area contributed by atoms with Gasteiger partial charge in [0.15, 0.2) is 0 Å². The van der Waals surface area contributed by atoms with Gasteiger partial charge in [-0.25, -0.2) is 0 Å². The molecule has 1 aromatic heterocycles. The summed E-state index contributed by atoms with van der Waals surface area (Å²) >= 11 is 0. The molecule has 2 aromatic carbocycles. The van der Waals surface area contributed by atoms with Gasteiger partial charge in [-0.1, -0.05) is 41.1 Å². The number of likely N-dealkylation sites (tertiary alicyclic amines) is 1. The number of hydrogen-bond donors (Lipinski definition) is 0. The lowest BCUT2D eigenvalue weighted by molar-refractivity contribution is -0.137. The van der Waals surface area contributed by atoms with E-state index in [1.807, 2.05) is 48.2 Å². The molecule has 1 amide bonds. The minimum absolute atomic E-state index is 0.0146. The number of nitrogens with zero attached hydrogens (tertiary/aromatic N) is 5. The van der Waals surface area contributed by atoms with Crippen LogP contribution < -0.4 is 9.64 Å². The first kappa shape index (κ1) is 23.4. The number of piperazine rings is 1. The number of piperidine rings is 1. The average molecular weight is 476 g/mol. The quantitative estimate of drug-likeness (QED) is 0.539. The first-order valence-electron chi connectivity index (χ1n) is 12.4. The molecule has 0 bridgehead atoms. The molecular formula is C27H33N5O3. The maximum atomic E-state index is 13.3. The Balaban J connectivity index is 1.16. The first-order valence-corrected chi connectivity index (χ1v) is 12.4. The molecule has 2 saturated heterocycles. The van der Waals surface area contributed by atoms with Crippen LogP contribution in [0.1, 0.15) is 24.3 Å². The van der Waals surface area contributed by atoms with E-state index in [9.17, 15) is 4.79 Å². The Labute approximate surface area is 206 Å². The van der Waals surface area contributed by atoms with Crippen LogP contribution in [0.15, 0.2) is 53.1 Å². The normalized spacial score (nSPS) is 19.1. The number of aryl methyl sites for hydroxylation is 1. The van der Waals surface area contributed by atoms with Crippen LogP contribution in [0, 0.1) is 12.8 Å². The Bertz CT molecular complexity index is 1150. The molecule has 5 rings (SSSR count). The van der Waals surface area contributed by atoms with Crippen molar-refractivity contribution in [1.82, 2.24) is 19.9 Å². The summed E-state index contributed by atoms with van der Waals surface area (Å²) in [7, 11) is 1.70. The summed E-state index contributed by atoms with van der Waals surface area (Å²) in [6.45, 7) is 7.38. The lowest BCUT2D eigenvalue weighted by atomic mass is 9.96. The van der Waals surface area contributed by atoms with E-state index < -0.39 is 0 Å². The summed E-state index contributed by atoms with van der Waals surface area (Å²) < 4.78 is 11.0. The van der Waals surface area contributed by atoms with Crippen LogP contribution in [0.3, 0.4) is 0 Å². The van der Waals surface area contributed by atoms with E-state index in [2.05, 4.69) is 32.1 Å². The van der Waals surface area contributed by atoms with E-state index in [1.165, 1.54) is 0 Å². The molecule has 0 radical (unpaired) electrons. The van der Waals surface area contributed by atoms with Gasteiger partial charge >= 0.3 is 0 Å². The molecule has 2 aliphatic heterocycles. The summed E-state index contributed by atoms with van der Waals surface area (Å²) in [4.78, 5) is 24.5. The lowest BCUT2D eigenvalue weighted by Crippen LogP contribution is -2.52. The van der Waals surface area contributed by atoms with Crippen LogP contribution >= 0.6 is 0 Å². The van der Waals surface area contributed by atoms with Gasteiger partial charge in [0.25, 0.3) is 0 Å². The summed E-state index contributed by atoms with van der Waals surface area (Å²) in [6, 6.07) is 16.2. The summed E-state index contributed by atoms with van der Waals surface area (Å²) in [5.41, 5.74) is 3.21. The number of para-hydroxylation sites is 2. The van der Waals surface area contributed by atoms with Crippen LogP contribution in [0.5, 0.6) is 5.75 Å². The molecule has 1 atom stereocenters. The molecule has 1 unspecified atom stereocenters. The van der Waals surface area contributed by atoms with E-state index in [-0.39, 0.29) is 11.8 Å². The monoisotopic (exact) mass is 475 g/mol. The van der Waals surface area contributed by atoms with Gasteiger partial charge in [-0.05, 0) is 44.5 Å². The van der Waals surface area contributed by atoms with Crippen molar-refractivity contribution in [2.45, 2.75) is 26.3 Å². The van der Waals surface area contributed by atoms with Gasteiger partial charge < -0.3 is 19.1 Å². The van der Waals surface area contributed by atoms with E-state index in [0.29, 0.717) is 18.3 Å². The molecule has 0 N–H and O–H groups in total. The zero-order valence-electron chi connectivity index (χ0n) is 20.5. The Hall–Kier alpha value is -3.39. The van der Waals surface area contributed by atoms with Crippen molar-refractivity contribution in [3.63, 3.8) is 0 Å². The number of amides is 1. The number of carbonyl (C=O) groups is 1. The predicted molar refractivity (Wildman–Crippen MR) is 134 cm³/mol. The van der Waals surface area contributed by atoms with Crippen LogP contribution in [0.25, 0.3) is 11.4 Å². The van der Waals surface area contributed by atoms with Gasteiger partial charge in [0.05, 0.1) is 25.3 Å². The highest BCUT2D eigenvalue weighted by molar-refractivity contribution is 5.79. The fraction of sp³-hybridized carbons (Fsp3) is 0.444. The molecule has 2 fully saturated rings. The lowest BCUT2D eigenvalue weighted by Gasteiger charge is -2.39. The Morgan fingerprint density at radius 3 is 2.71 bits per heavy atom. The standard InChI is InChI=1S/C27H33N5O3/c1-20-7-5-8-21(17-20)26-28-25(35-29-26)19-30-12-6-9-22(18-30)27(33)32-15-13-31(14-16-32)23-10-3-4-11-24(23)34-2/h3-5,7-8,10-11,17,22H,6,9,12-16,18-19H2,1-2H3. The van der Waals surface area contributed by atoms with E-state index in [4.69, 9.17) is 9.26 Å². The maximum absolute atomic E-state index is 13.3. The van der Waals surface area contributed by atoms with Gasteiger partial charge in [0, 0.05) is 38.3 Å². The van der Waals surface area contributed by atoms with Gasteiger partial charge in [-0.2, -0.15) is 4.98 Å². The number of rotatable bonds is 6. The van der Waals surface area contributed by atoms with Crippen LogP contribution in [0.4, 0.5) is 5.69 Å². The zero-order chi connectivity index (χ0) is 24.2. The van der Waals surface area contributed by atoms with Crippen LogP contribution in [-0.2, 0) is 11.3 Å². The molecule has 0 saturated carbocycles. The van der Waals surface area contributed by atoms with Crippen LogP contribution in [0.2, 0.25) is 0 Å². The number of aromatic nitrogens is 2. The highest BCUT2D eigenvalue weighted by Crippen LogP contribution is 2.29. The number of anilines is 1. The first-order chi connectivity index (χ1) is 17.1. The number of hydrogen-bond acceptors (Lipinski definition) is 7. The van der Waals surface area contributed by atoms with Crippen molar-refractivity contribution < 1.29 is 14.1 Å². The molecule has 2 aliphatic rings. The molecule has 0 aliphatic carbocycles. The summed E-state index contributed by atoms with van der Waals surface area (Å²) in [5, 5.41) is 4.16. The van der Waals surface area contributed by atoms with Gasteiger partial charge in [0.1, 0.15) is 5.75 Å². The SMILES string of the molecule is COc1ccccc1N1CCN(C(=O)C2CCCN(Cc3nc(-c4cccc(C)c4)no3)C2)CC1. The van der Waals surface area contributed by atoms with E-state index in [1.54, 1.807) is 7.11 Å². The number of carbonyl (C=O) groups excluding carboxylic acids is 1. The third kappa shape index (κ3) is 5.32. The van der Waals surface area contributed by atoms with Gasteiger partial charge in [-0.3, -0.25) is 9.69 Å². The number of ether oxygens (including phenoxy) is 1. The topological polar surface area (TPSA) is 74.9 Å². The third-order valence-corrected chi connectivity index (χ3v) is 6.98. The number of benzene rings is 2. The Kier molecular flexibility index (Phi) is 6.99. The second-order valence-electron chi connectivity index (χ2n) is 9.44. The molecule has 0 spiro atoms. The van der Waals surface area contributed by atoms with Crippen molar-refractivity contribution >= 4 is 11.6 Å². The van der Waals surface area contributed by atoms with Crippen molar-refractivity contribution in [2.24, 2.45) is 5.92 Å². The second-order valence-corrected chi connectivity index (χ2v) is 9.44. The molecule has 35 heavy (non-hydrogen) atoms. The average Bonchev–Trinajstić information content (AvgIpc) is 3.37. The minimum atomic E-state index is 0.0146. The molecule has 8 heteroatoms. The fourth-order valence-electron chi connectivity index (χ4n) is 5.13. The van der Waals surface area contributed by atoms with Crippen LogP contribution in [-0.4, -0.2) is 72.2 Å². The Morgan fingerprint density at radius 1 is 1.09 bits per heavy atom. The van der Waals surface area contributed by atoms with E-state index >= 15 is 0 Å². The highest BCUT2D eigenvalue weighted by atomic mass is 16.5. The second kappa shape index (κ2) is 10.5. The van der Waals surface area contributed by atoms with E-state index in [0.717, 1.165) is 74.7 Å². The predicted octanol–water partition coefficient (Wildman–Crippen LogP) is 3.61. The molecule has 3 heterocycles. The molecule has 8 nitrogen and oxygen atoms in total. The van der Waals surface area contributed by atoms with Crippen molar-refractivity contribution in [2.75, 3.05) is 51.3 Å². The summed E-state index contributed by atoms with van der Waals surface area (Å²) in [6.07, 6.45) is 1.93. The smallest absolute Gasteiger partial charge is 0.241 e. The molecule has 184 valence electrons. The minimum Gasteiger partial charge on any atom is -0.495 e. The zero-order valence-corrected chi connectivity index (χ0v) is 20.5. The highest BCUT2D eigenvalue weighted by Gasteiger charge is 2.32. The molecule has 3 aromatic rings. The third-order valence-electron chi connectivity index (χ3n) is 6.98. The van der Waals surface area contributed by atoms with Crippen molar-refractivity contribution in [3.05, 3.63) is 60.0 Å². The Morgan fingerprint density at radius 2 is 1.91 bits per heavy atom. The largest absolute Gasteiger partial charge is 0.495 e.